The smallest absolute Gasteiger partial charge is 0.0666 e. The van der Waals surface area contributed by atoms with Crippen LogP contribution in [0.5, 0.6) is 0 Å². The molecule has 0 heterocycles. The van der Waals surface area contributed by atoms with Crippen LogP contribution in [0.2, 0.25) is 0 Å². The first-order valence-corrected chi connectivity index (χ1v) is 1.51. The summed E-state index contributed by atoms with van der Waals surface area (Å²) >= 11 is 0. The number of rotatable bonds is 1. The molecule has 0 N–H and O–H groups in total. The zero-order valence-electron chi connectivity index (χ0n) is 3.93. The number of aliphatic carboxylic acids is 1. The van der Waals surface area contributed by atoms with Crippen molar-refractivity contribution < 1.29 is 27.3 Å². The van der Waals surface area contributed by atoms with E-state index < -0.39 is 5.97 Å². The van der Waals surface area contributed by atoms with Gasteiger partial charge in [-0.3, -0.25) is 0 Å². The fourth-order valence-electron chi connectivity index (χ4n) is 0. The van der Waals surface area contributed by atoms with Gasteiger partial charge in [-0.15, -0.1) is 0 Å². The Labute approximate surface area is 53.0 Å². The first kappa shape index (κ1) is 9.89. The molecule has 0 aromatic rings. The molecule has 0 amide bonds. The van der Waals surface area contributed by atoms with Crippen LogP contribution in [0.4, 0.5) is 0 Å². The Hall–Kier alpha value is -0.258. The summed E-state index contributed by atoms with van der Waals surface area (Å²) in [5.74, 6) is -1.19. The minimum atomic E-state index is -1.19. The van der Waals surface area contributed by atoms with Crippen LogP contribution in [0, 0.1) is 0 Å². The van der Waals surface area contributed by atoms with Gasteiger partial charge >= 0.3 is 0 Å². The van der Waals surface area contributed by atoms with Crippen LogP contribution in [0.1, 0.15) is 6.92 Å². The molecule has 40 valence electrons. The summed E-state index contributed by atoms with van der Waals surface area (Å²) in [6.45, 7) is 4.48. The molecule has 0 aliphatic rings. The molecule has 0 bridgehead atoms. The summed E-state index contributed by atoms with van der Waals surface area (Å²) < 4.78 is 0. The van der Waals surface area contributed by atoms with Gasteiger partial charge in [0.15, 0.2) is 0 Å². The van der Waals surface area contributed by atoms with E-state index in [2.05, 4.69) is 6.58 Å². The largest absolute Gasteiger partial charge is 0.545 e. The van der Waals surface area contributed by atoms with Crippen LogP contribution in [0.15, 0.2) is 12.2 Å². The first-order chi connectivity index (χ1) is 2.64. The van der Waals surface area contributed by atoms with Crippen LogP contribution in [0.3, 0.4) is 0 Å². The minimum Gasteiger partial charge on any atom is -0.545 e. The second kappa shape index (κ2) is 3.92. The molecule has 0 fully saturated rings. The number of carboxylic acids is 1. The number of carboxylic acid groups (broad SMARTS) is 1. The molecule has 3 heteroatoms. The first-order valence-electron chi connectivity index (χ1n) is 1.51. The summed E-state index contributed by atoms with van der Waals surface area (Å²) in [6, 6.07) is 0. The van der Waals surface area contributed by atoms with Crippen molar-refractivity contribution in [1.29, 1.82) is 0 Å². The molecule has 0 atom stereocenters. The number of carbonyl (C=O) groups excluding carboxylic acids is 1. The van der Waals surface area contributed by atoms with Crippen molar-refractivity contribution in [2.45, 2.75) is 6.92 Å². The third-order valence-electron chi connectivity index (χ3n) is 0.348. The van der Waals surface area contributed by atoms with Crippen molar-refractivity contribution in [3.63, 3.8) is 0 Å². The Morgan fingerprint density at radius 3 is 1.86 bits per heavy atom. The maximum Gasteiger partial charge on any atom is 0.0666 e. The van der Waals surface area contributed by atoms with Crippen molar-refractivity contribution in [1.82, 2.24) is 0 Å². The third kappa shape index (κ3) is 5.74. The Morgan fingerprint density at radius 2 is 1.86 bits per heavy atom. The third-order valence-corrected chi connectivity index (χ3v) is 0.348. The molecule has 0 aromatic carbocycles. The van der Waals surface area contributed by atoms with Gasteiger partial charge in [0.1, 0.15) is 0 Å². The van der Waals surface area contributed by atoms with Crippen molar-refractivity contribution in [2.24, 2.45) is 0 Å². The Morgan fingerprint density at radius 1 is 1.71 bits per heavy atom. The SMILES string of the molecule is C=C(C)C(=O)[O-].[Cr]. The van der Waals surface area contributed by atoms with Gasteiger partial charge in [0.05, 0.1) is 5.97 Å². The number of hydrogen-bond acceptors (Lipinski definition) is 2. The number of carbonyl (C=O) groups is 1. The van der Waals surface area contributed by atoms with Crippen LogP contribution >= 0.6 is 0 Å². The molecule has 0 radical (unpaired) electrons. The Balaban J connectivity index is 0. The molecule has 0 saturated heterocycles. The van der Waals surface area contributed by atoms with Crippen LogP contribution < -0.4 is 5.11 Å². The fraction of sp³-hybridized carbons (Fsp3) is 0.250. The monoisotopic (exact) mass is 137 g/mol. The van der Waals surface area contributed by atoms with E-state index >= 15 is 0 Å². The van der Waals surface area contributed by atoms with Gasteiger partial charge in [0.2, 0.25) is 0 Å². The van der Waals surface area contributed by atoms with Gasteiger partial charge in [-0.1, -0.05) is 6.58 Å². The van der Waals surface area contributed by atoms with Crippen molar-refractivity contribution in [2.75, 3.05) is 0 Å². The standard InChI is InChI=1S/C4H6O2.Cr/c1-3(2)4(5)6;/h1H2,2H3,(H,5,6);/p-1. The zero-order chi connectivity index (χ0) is 5.15. The van der Waals surface area contributed by atoms with E-state index in [9.17, 15) is 9.90 Å². The van der Waals surface area contributed by atoms with E-state index in [0.29, 0.717) is 0 Å². The molecule has 0 aromatic heterocycles. The molecule has 0 rings (SSSR count). The normalized spacial score (nSPS) is 6.43. The average molecular weight is 137 g/mol. The van der Waals surface area contributed by atoms with Crippen LogP contribution in [0.25, 0.3) is 0 Å². The summed E-state index contributed by atoms with van der Waals surface area (Å²) in [7, 11) is 0. The maximum absolute atomic E-state index is 9.49. The van der Waals surface area contributed by atoms with E-state index in [4.69, 9.17) is 0 Å². The van der Waals surface area contributed by atoms with Gasteiger partial charge in [0.25, 0.3) is 0 Å². The molecule has 0 aliphatic heterocycles. The molecular weight excluding hydrogens is 132 g/mol. The van der Waals surface area contributed by atoms with E-state index in [-0.39, 0.29) is 22.9 Å². The molecule has 0 unspecified atom stereocenters. The van der Waals surface area contributed by atoms with Gasteiger partial charge in [-0.05, 0) is 12.5 Å². The van der Waals surface area contributed by atoms with Gasteiger partial charge in [0, 0.05) is 17.4 Å². The molecule has 7 heavy (non-hydrogen) atoms. The summed E-state index contributed by atoms with van der Waals surface area (Å²) in [4.78, 5) is 9.49. The Kier molecular flexibility index (Phi) is 5.53. The second-order valence-electron chi connectivity index (χ2n) is 1.07. The summed E-state index contributed by atoms with van der Waals surface area (Å²) in [6.07, 6.45) is 0. The fourth-order valence-corrected chi connectivity index (χ4v) is 0. The predicted octanol–water partition coefficient (Wildman–Crippen LogP) is -0.690. The van der Waals surface area contributed by atoms with E-state index in [1.165, 1.54) is 6.92 Å². The zero-order valence-corrected chi connectivity index (χ0v) is 5.21. The van der Waals surface area contributed by atoms with Gasteiger partial charge < -0.3 is 9.90 Å². The maximum atomic E-state index is 9.49. The van der Waals surface area contributed by atoms with Gasteiger partial charge in [-0.2, -0.15) is 0 Å². The number of hydrogen-bond donors (Lipinski definition) is 0. The van der Waals surface area contributed by atoms with E-state index in [1.807, 2.05) is 0 Å². The summed E-state index contributed by atoms with van der Waals surface area (Å²) in [5.41, 5.74) is 0.0648. The van der Waals surface area contributed by atoms with Crippen LogP contribution in [-0.2, 0) is 22.2 Å². The van der Waals surface area contributed by atoms with Crippen LogP contribution in [-0.4, -0.2) is 5.97 Å². The quantitative estimate of drug-likeness (QED) is 0.449. The van der Waals surface area contributed by atoms with E-state index in [1.54, 1.807) is 0 Å². The molecule has 0 aliphatic carbocycles. The second-order valence-corrected chi connectivity index (χ2v) is 1.07. The molecular formula is C4H5CrO2-. The average Bonchev–Trinajstić information content (AvgIpc) is 1.36. The van der Waals surface area contributed by atoms with E-state index in [0.717, 1.165) is 0 Å². The molecule has 0 saturated carbocycles. The van der Waals surface area contributed by atoms with Gasteiger partial charge in [-0.25, -0.2) is 0 Å². The molecule has 0 spiro atoms. The van der Waals surface area contributed by atoms with Crippen molar-refractivity contribution in [3.8, 4) is 0 Å². The molecule has 2 nitrogen and oxygen atoms in total. The minimum absolute atomic E-state index is 0. The topological polar surface area (TPSA) is 40.1 Å². The summed E-state index contributed by atoms with van der Waals surface area (Å²) in [5, 5.41) is 9.49. The Bertz CT molecular complexity index is 75.7. The van der Waals surface area contributed by atoms with Crippen molar-refractivity contribution in [3.05, 3.63) is 12.2 Å². The predicted molar refractivity (Wildman–Crippen MR) is 19.8 cm³/mol. The van der Waals surface area contributed by atoms with Crippen molar-refractivity contribution >= 4 is 5.97 Å².